The monoisotopic (exact) mass is 261 g/mol. The van der Waals surface area contributed by atoms with Gasteiger partial charge in [-0.2, -0.15) is 0 Å². The molecule has 5 heteroatoms. The molecule has 0 aromatic carbocycles. The minimum atomic E-state index is 0.717. The van der Waals surface area contributed by atoms with Crippen LogP contribution in [0, 0.1) is 6.92 Å². The molecule has 1 aromatic heterocycles. The van der Waals surface area contributed by atoms with E-state index in [-0.39, 0.29) is 0 Å². The molecule has 1 aromatic rings. The molecule has 0 radical (unpaired) electrons. The van der Waals surface area contributed by atoms with Crippen LogP contribution in [0.1, 0.15) is 24.1 Å². The Labute approximate surface area is 115 Å². The maximum atomic E-state index is 4.69. The number of piperazine rings is 1. The number of hydrogen-bond acceptors (Lipinski definition) is 5. The van der Waals surface area contributed by atoms with Crippen LogP contribution in [0.5, 0.6) is 0 Å². The van der Waals surface area contributed by atoms with Crippen molar-refractivity contribution in [2.24, 2.45) is 0 Å². The van der Waals surface area contributed by atoms with E-state index in [4.69, 9.17) is 0 Å². The molecule has 0 aliphatic carbocycles. The van der Waals surface area contributed by atoms with Gasteiger partial charge in [-0.05, 0) is 33.4 Å². The van der Waals surface area contributed by atoms with Gasteiger partial charge >= 0.3 is 0 Å². The Balaban J connectivity index is 1.73. The van der Waals surface area contributed by atoms with Gasteiger partial charge in [-0.25, -0.2) is 9.97 Å². The summed E-state index contributed by atoms with van der Waals surface area (Å²) in [5.74, 6) is 0.906. The lowest BCUT2D eigenvalue weighted by Crippen LogP contribution is -2.50. The predicted octanol–water partition coefficient (Wildman–Crippen LogP) is 0.789. The quantitative estimate of drug-likeness (QED) is 0.871. The highest BCUT2D eigenvalue weighted by molar-refractivity contribution is 5.34. The molecule has 2 aliphatic heterocycles. The van der Waals surface area contributed by atoms with E-state index in [9.17, 15) is 0 Å². The zero-order valence-corrected chi connectivity index (χ0v) is 11.9. The van der Waals surface area contributed by atoms with Crippen LogP contribution in [-0.2, 0) is 6.54 Å². The van der Waals surface area contributed by atoms with E-state index < -0.39 is 0 Å². The third kappa shape index (κ3) is 2.58. The summed E-state index contributed by atoms with van der Waals surface area (Å²) in [5.41, 5.74) is 2.28. The van der Waals surface area contributed by atoms with E-state index in [2.05, 4.69) is 32.0 Å². The standard InChI is InChI=1S/C14H23N5/c1-11-12(8-15-2)9-16-14(17-11)19-7-6-18-5-3-4-13(18)10-19/h9,13,15H,3-8,10H2,1-2H3. The van der Waals surface area contributed by atoms with Crippen molar-refractivity contribution in [2.75, 3.05) is 38.1 Å². The SMILES string of the molecule is CNCc1cnc(N2CCN3CCCC3C2)nc1C. The first-order valence-corrected chi connectivity index (χ1v) is 7.24. The van der Waals surface area contributed by atoms with Crippen LogP contribution in [0.15, 0.2) is 6.20 Å². The van der Waals surface area contributed by atoms with Crippen molar-refractivity contribution in [1.82, 2.24) is 20.2 Å². The van der Waals surface area contributed by atoms with Crippen molar-refractivity contribution >= 4 is 5.95 Å². The number of nitrogens with zero attached hydrogens (tertiary/aromatic N) is 4. The van der Waals surface area contributed by atoms with E-state index >= 15 is 0 Å². The van der Waals surface area contributed by atoms with Crippen molar-refractivity contribution < 1.29 is 0 Å². The molecule has 0 spiro atoms. The molecule has 3 heterocycles. The molecule has 2 saturated heterocycles. The summed E-state index contributed by atoms with van der Waals surface area (Å²) >= 11 is 0. The second kappa shape index (κ2) is 5.43. The third-order valence-corrected chi connectivity index (χ3v) is 4.31. The summed E-state index contributed by atoms with van der Waals surface area (Å²) in [4.78, 5) is 14.2. The molecule has 0 saturated carbocycles. The smallest absolute Gasteiger partial charge is 0.225 e. The number of anilines is 1. The van der Waals surface area contributed by atoms with Crippen LogP contribution in [0.25, 0.3) is 0 Å². The largest absolute Gasteiger partial charge is 0.338 e. The summed E-state index contributed by atoms with van der Waals surface area (Å²) < 4.78 is 0. The maximum Gasteiger partial charge on any atom is 0.225 e. The minimum Gasteiger partial charge on any atom is -0.338 e. The highest BCUT2D eigenvalue weighted by atomic mass is 15.3. The van der Waals surface area contributed by atoms with E-state index in [1.54, 1.807) is 0 Å². The number of aromatic nitrogens is 2. The van der Waals surface area contributed by atoms with E-state index in [1.165, 1.54) is 24.9 Å². The van der Waals surface area contributed by atoms with Crippen LogP contribution < -0.4 is 10.2 Å². The topological polar surface area (TPSA) is 44.3 Å². The molecule has 1 unspecified atom stereocenters. The fourth-order valence-electron chi connectivity index (χ4n) is 3.17. The number of aryl methyl sites for hydroxylation is 1. The molecule has 2 aliphatic rings. The molecule has 104 valence electrons. The lowest BCUT2D eigenvalue weighted by molar-refractivity contribution is 0.229. The summed E-state index contributed by atoms with van der Waals surface area (Å²) in [6, 6.07) is 0.717. The zero-order chi connectivity index (χ0) is 13.2. The molecule has 1 atom stereocenters. The van der Waals surface area contributed by atoms with Crippen molar-refractivity contribution in [3.63, 3.8) is 0 Å². The minimum absolute atomic E-state index is 0.717. The fraction of sp³-hybridized carbons (Fsp3) is 0.714. The van der Waals surface area contributed by atoms with Crippen LogP contribution in [-0.4, -0.2) is 54.1 Å². The third-order valence-electron chi connectivity index (χ3n) is 4.31. The van der Waals surface area contributed by atoms with Gasteiger partial charge in [-0.1, -0.05) is 0 Å². The van der Waals surface area contributed by atoms with Crippen molar-refractivity contribution in [1.29, 1.82) is 0 Å². The first kappa shape index (κ1) is 12.8. The molecule has 0 bridgehead atoms. The van der Waals surface area contributed by atoms with Crippen molar-refractivity contribution in [2.45, 2.75) is 32.4 Å². The first-order valence-electron chi connectivity index (χ1n) is 7.24. The van der Waals surface area contributed by atoms with Crippen LogP contribution in [0.3, 0.4) is 0 Å². The summed E-state index contributed by atoms with van der Waals surface area (Å²) in [7, 11) is 1.95. The lowest BCUT2D eigenvalue weighted by atomic mass is 10.1. The normalized spacial score (nSPS) is 23.7. The Morgan fingerprint density at radius 2 is 2.26 bits per heavy atom. The summed E-state index contributed by atoms with van der Waals surface area (Å²) in [6.07, 6.45) is 4.64. The second-order valence-corrected chi connectivity index (χ2v) is 5.59. The second-order valence-electron chi connectivity index (χ2n) is 5.59. The van der Waals surface area contributed by atoms with E-state index in [1.807, 2.05) is 13.2 Å². The average Bonchev–Trinajstić information content (AvgIpc) is 2.88. The average molecular weight is 261 g/mol. The summed E-state index contributed by atoms with van der Waals surface area (Å²) in [6.45, 7) is 7.49. The molecule has 5 nitrogen and oxygen atoms in total. The van der Waals surface area contributed by atoms with Crippen LogP contribution >= 0.6 is 0 Å². The Bertz CT molecular complexity index is 447. The van der Waals surface area contributed by atoms with Crippen molar-refractivity contribution in [3.8, 4) is 0 Å². The molecule has 3 rings (SSSR count). The van der Waals surface area contributed by atoms with Gasteiger partial charge in [-0.3, -0.25) is 4.90 Å². The fourth-order valence-corrected chi connectivity index (χ4v) is 3.17. The van der Waals surface area contributed by atoms with Gasteiger partial charge in [0.15, 0.2) is 0 Å². The number of fused-ring (bicyclic) bond motifs is 1. The van der Waals surface area contributed by atoms with Gasteiger partial charge in [0.2, 0.25) is 5.95 Å². The van der Waals surface area contributed by atoms with Crippen LogP contribution in [0.2, 0.25) is 0 Å². The zero-order valence-electron chi connectivity index (χ0n) is 11.9. The van der Waals surface area contributed by atoms with Gasteiger partial charge in [0.25, 0.3) is 0 Å². The van der Waals surface area contributed by atoms with Gasteiger partial charge in [0.1, 0.15) is 0 Å². The van der Waals surface area contributed by atoms with Gasteiger partial charge in [-0.15, -0.1) is 0 Å². The number of rotatable bonds is 3. The molecule has 0 amide bonds. The van der Waals surface area contributed by atoms with E-state index in [0.29, 0.717) is 0 Å². The Kier molecular flexibility index (Phi) is 3.66. The lowest BCUT2D eigenvalue weighted by Gasteiger charge is -2.37. The number of nitrogens with one attached hydrogen (secondary N) is 1. The molecular formula is C14H23N5. The summed E-state index contributed by atoms with van der Waals surface area (Å²) in [5, 5.41) is 3.15. The highest BCUT2D eigenvalue weighted by Crippen LogP contribution is 2.23. The molecule has 1 N–H and O–H groups in total. The highest BCUT2D eigenvalue weighted by Gasteiger charge is 2.31. The Morgan fingerprint density at radius 3 is 3.05 bits per heavy atom. The van der Waals surface area contributed by atoms with Gasteiger partial charge in [0, 0.05) is 49.7 Å². The predicted molar refractivity (Wildman–Crippen MR) is 76.3 cm³/mol. The molecule has 2 fully saturated rings. The van der Waals surface area contributed by atoms with Crippen LogP contribution in [0.4, 0.5) is 5.95 Å². The Morgan fingerprint density at radius 1 is 1.37 bits per heavy atom. The van der Waals surface area contributed by atoms with Gasteiger partial charge in [0.05, 0.1) is 0 Å². The number of hydrogen-bond donors (Lipinski definition) is 1. The van der Waals surface area contributed by atoms with Crippen molar-refractivity contribution in [3.05, 3.63) is 17.5 Å². The van der Waals surface area contributed by atoms with Gasteiger partial charge < -0.3 is 10.2 Å². The molecule has 19 heavy (non-hydrogen) atoms. The Hall–Kier alpha value is -1.20. The van der Waals surface area contributed by atoms with E-state index in [0.717, 1.165) is 43.9 Å². The molecular weight excluding hydrogens is 238 g/mol. The first-order chi connectivity index (χ1) is 9.28. The maximum absolute atomic E-state index is 4.69.